The van der Waals surface area contributed by atoms with Crippen molar-refractivity contribution in [2.45, 2.75) is 38.2 Å². The van der Waals surface area contributed by atoms with Crippen LogP contribution in [0.5, 0.6) is 5.75 Å². The van der Waals surface area contributed by atoms with Crippen LogP contribution in [0.1, 0.15) is 46.6 Å². The summed E-state index contributed by atoms with van der Waals surface area (Å²) in [7, 11) is 0. The predicted octanol–water partition coefficient (Wildman–Crippen LogP) is 4.54. The van der Waals surface area contributed by atoms with Crippen LogP contribution < -0.4 is 10.1 Å². The standard InChI is InChI=1S/C23H22FN3O4S/c24-18-13-16(8-11-19(18)31-17-9-6-15(7-10-17)22(29)30)21(28)25-23-27-26-20(32-23)12-14-4-2-1-3-5-14/h1-5,8,11,13,15,17H,6-7,9-10,12H2,(H,29,30)(H,25,27,28)/t15-,17+. The second-order valence-electron chi connectivity index (χ2n) is 7.69. The number of carbonyl (C=O) groups is 2. The maximum absolute atomic E-state index is 14.5. The van der Waals surface area contributed by atoms with Gasteiger partial charge in [0.2, 0.25) is 5.13 Å². The van der Waals surface area contributed by atoms with Crippen molar-refractivity contribution in [3.05, 3.63) is 70.5 Å². The Bertz CT molecular complexity index is 1100. The third-order valence-electron chi connectivity index (χ3n) is 5.40. The van der Waals surface area contributed by atoms with E-state index in [1.165, 1.54) is 23.5 Å². The molecule has 1 aromatic heterocycles. The number of aromatic nitrogens is 2. The summed E-state index contributed by atoms with van der Waals surface area (Å²) in [5, 5.41) is 20.9. The lowest BCUT2D eigenvalue weighted by molar-refractivity contribution is -0.143. The number of rotatable bonds is 7. The number of carbonyl (C=O) groups excluding carboxylic acids is 1. The number of anilines is 1. The van der Waals surface area contributed by atoms with E-state index in [4.69, 9.17) is 9.84 Å². The summed E-state index contributed by atoms with van der Waals surface area (Å²) in [5.41, 5.74) is 1.24. The lowest BCUT2D eigenvalue weighted by atomic mass is 9.87. The van der Waals surface area contributed by atoms with Crippen LogP contribution in [0, 0.1) is 11.7 Å². The molecule has 2 N–H and O–H groups in total. The van der Waals surface area contributed by atoms with Gasteiger partial charge in [0, 0.05) is 12.0 Å². The van der Waals surface area contributed by atoms with Crippen molar-refractivity contribution < 1.29 is 23.8 Å². The molecule has 1 fully saturated rings. The fourth-order valence-electron chi connectivity index (χ4n) is 3.66. The van der Waals surface area contributed by atoms with Crippen molar-refractivity contribution >= 4 is 28.3 Å². The van der Waals surface area contributed by atoms with Gasteiger partial charge in [-0.1, -0.05) is 41.7 Å². The zero-order valence-electron chi connectivity index (χ0n) is 17.2. The Labute approximate surface area is 188 Å². The van der Waals surface area contributed by atoms with Gasteiger partial charge in [-0.05, 0) is 49.4 Å². The molecule has 0 bridgehead atoms. The average Bonchev–Trinajstić information content (AvgIpc) is 3.22. The molecule has 0 aliphatic heterocycles. The summed E-state index contributed by atoms with van der Waals surface area (Å²) >= 11 is 1.27. The van der Waals surface area contributed by atoms with E-state index in [-0.39, 0.29) is 23.3 Å². The van der Waals surface area contributed by atoms with Crippen molar-refractivity contribution in [3.63, 3.8) is 0 Å². The van der Waals surface area contributed by atoms with Crippen molar-refractivity contribution in [2.24, 2.45) is 5.92 Å². The first-order valence-electron chi connectivity index (χ1n) is 10.3. The Morgan fingerprint density at radius 3 is 2.53 bits per heavy atom. The number of carboxylic acids is 1. The first-order valence-corrected chi connectivity index (χ1v) is 11.2. The topological polar surface area (TPSA) is 101 Å². The van der Waals surface area contributed by atoms with Gasteiger partial charge in [-0.3, -0.25) is 14.9 Å². The number of nitrogens with zero attached hydrogens (tertiary/aromatic N) is 2. The van der Waals surface area contributed by atoms with Crippen LogP contribution in [0.4, 0.5) is 9.52 Å². The Morgan fingerprint density at radius 1 is 1.09 bits per heavy atom. The summed E-state index contributed by atoms with van der Waals surface area (Å²) < 4.78 is 20.2. The number of aliphatic carboxylic acids is 1. The van der Waals surface area contributed by atoms with E-state index >= 15 is 0 Å². The number of hydrogen-bond acceptors (Lipinski definition) is 6. The molecular weight excluding hydrogens is 433 g/mol. The van der Waals surface area contributed by atoms with Gasteiger partial charge in [-0.2, -0.15) is 0 Å². The van der Waals surface area contributed by atoms with Crippen molar-refractivity contribution in [1.29, 1.82) is 0 Å². The Morgan fingerprint density at radius 2 is 1.84 bits per heavy atom. The summed E-state index contributed by atoms with van der Waals surface area (Å²) in [6, 6.07) is 13.9. The van der Waals surface area contributed by atoms with Crippen LogP contribution in [0.25, 0.3) is 0 Å². The molecule has 3 aromatic rings. The molecule has 1 heterocycles. The number of ether oxygens (including phenoxy) is 1. The van der Waals surface area contributed by atoms with Gasteiger partial charge in [0.05, 0.1) is 12.0 Å². The number of amides is 1. The van der Waals surface area contributed by atoms with Crippen LogP contribution in [0.3, 0.4) is 0 Å². The molecule has 7 nitrogen and oxygen atoms in total. The molecule has 166 valence electrons. The molecule has 1 aliphatic rings. The predicted molar refractivity (Wildman–Crippen MR) is 118 cm³/mol. The molecular formula is C23H22FN3O4S. The number of hydrogen-bond donors (Lipinski definition) is 2. The molecule has 0 radical (unpaired) electrons. The Balaban J connectivity index is 1.34. The highest BCUT2D eigenvalue weighted by atomic mass is 32.1. The largest absolute Gasteiger partial charge is 0.487 e. The third-order valence-corrected chi connectivity index (χ3v) is 6.24. The zero-order chi connectivity index (χ0) is 22.5. The van der Waals surface area contributed by atoms with Gasteiger partial charge in [-0.15, -0.1) is 10.2 Å². The van der Waals surface area contributed by atoms with E-state index in [9.17, 15) is 14.0 Å². The Hall–Kier alpha value is -3.33. The average molecular weight is 456 g/mol. The molecule has 1 saturated carbocycles. The highest BCUT2D eigenvalue weighted by molar-refractivity contribution is 7.15. The minimum absolute atomic E-state index is 0.0568. The summed E-state index contributed by atoms with van der Waals surface area (Å²) in [6.07, 6.45) is 2.52. The minimum Gasteiger partial charge on any atom is -0.487 e. The van der Waals surface area contributed by atoms with Crippen LogP contribution in [-0.4, -0.2) is 33.3 Å². The van der Waals surface area contributed by atoms with E-state index in [1.54, 1.807) is 0 Å². The minimum atomic E-state index is -0.799. The lowest BCUT2D eigenvalue weighted by Crippen LogP contribution is -2.28. The number of benzene rings is 2. The van der Waals surface area contributed by atoms with Crippen molar-refractivity contribution in [1.82, 2.24) is 10.2 Å². The number of carboxylic acid groups (broad SMARTS) is 1. The van der Waals surface area contributed by atoms with Gasteiger partial charge in [0.15, 0.2) is 11.6 Å². The second kappa shape index (κ2) is 9.86. The molecule has 2 aromatic carbocycles. The van der Waals surface area contributed by atoms with Crippen molar-refractivity contribution in [2.75, 3.05) is 5.32 Å². The summed E-state index contributed by atoms with van der Waals surface area (Å²) in [5.74, 6) is -2.23. The zero-order valence-corrected chi connectivity index (χ0v) is 18.0. The molecule has 4 rings (SSSR count). The molecule has 1 amide bonds. The quantitative estimate of drug-likeness (QED) is 0.542. The van der Waals surface area contributed by atoms with E-state index in [0.29, 0.717) is 37.2 Å². The van der Waals surface area contributed by atoms with Crippen molar-refractivity contribution in [3.8, 4) is 5.75 Å². The summed E-state index contributed by atoms with van der Waals surface area (Å²) in [6.45, 7) is 0. The molecule has 0 atom stereocenters. The monoisotopic (exact) mass is 455 g/mol. The first kappa shape index (κ1) is 21.9. The van der Waals surface area contributed by atoms with E-state index in [0.717, 1.165) is 16.6 Å². The smallest absolute Gasteiger partial charge is 0.306 e. The van der Waals surface area contributed by atoms with Crippen LogP contribution in [0.2, 0.25) is 0 Å². The van der Waals surface area contributed by atoms with Gasteiger partial charge in [0.25, 0.3) is 5.91 Å². The number of halogens is 1. The second-order valence-corrected chi connectivity index (χ2v) is 8.75. The van der Waals surface area contributed by atoms with Crippen LogP contribution in [0.15, 0.2) is 48.5 Å². The van der Waals surface area contributed by atoms with E-state index < -0.39 is 17.7 Å². The molecule has 32 heavy (non-hydrogen) atoms. The maximum atomic E-state index is 14.5. The fraction of sp³-hybridized carbons (Fsp3) is 0.304. The number of nitrogens with one attached hydrogen (secondary N) is 1. The van der Waals surface area contributed by atoms with Gasteiger partial charge >= 0.3 is 5.97 Å². The lowest BCUT2D eigenvalue weighted by Gasteiger charge is -2.26. The highest BCUT2D eigenvalue weighted by Gasteiger charge is 2.27. The molecule has 0 spiro atoms. The highest BCUT2D eigenvalue weighted by Crippen LogP contribution is 2.29. The molecule has 0 saturated heterocycles. The molecule has 1 aliphatic carbocycles. The normalized spacial score (nSPS) is 18.2. The van der Waals surface area contributed by atoms with Crippen LogP contribution >= 0.6 is 11.3 Å². The summed E-state index contributed by atoms with van der Waals surface area (Å²) in [4.78, 5) is 23.5. The van der Waals surface area contributed by atoms with E-state index in [2.05, 4.69) is 15.5 Å². The van der Waals surface area contributed by atoms with E-state index in [1.807, 2.05) is 30.3 Å². The third kappa shape index (κ3) is 5.47. The SMILES string of the molecule is O=C(Nc1nnc(Cc2ccccc2)s1)c1ccc(O[C@H]2CC[C@@H](C(=O)O)CC2)c(F)c1. The van der Waals surface area contributed by atoms with Gasteiger partial charge in [0.1, 0.15) is 5.01 Å². The first-order chi connectivity index (χ1) is 15.5. The molecule has 0 unspecified atom stereocenters. The maximum Gasteiger partial charge on any atom is 0.306 e. The van der Waals surface area contributed by atoms with Crippen LogP contribution in [-0.2, 0) is 11.2 Å². The fourth-order valence-corrected chi connectivity index (χ4v) is 4.43. The molecule has 9 heteroatoms. The van der Waals surface area contributed by atoms with Gasteiger partial charge < -0.3 is 9.84 Å². The van der Waals surface area contributed by atoms with Gasteiger partial charge in [-0.25, -0.2) is 4.39 Å². The Kier molecular flexibility index (Phi) is 6.75.